The van der Waals surface area contributed by atoms with Gasteiger partial charge in [-0.25, -0.2) is 0 Å². The molecule has 102 valence electrons. The zero-order valence-corrected chi connectivity index (χ0v) is 12.0. The van der Waals surface area contributed by atoms with Gasteiger partial charge in [-0.05, 0) is 29.9 Å². The highest BCUT2D eigenvalue weighted by Gasteiger charge is 2.32. The number of aromatic amines is 1. The van der Waals surface area contributed by atoms with Crippen molar-refractivity contribution in [3.05, 3.63) is 11.5 Å². The molecule has 1 aliphatic carbocycles. The number of halogens is 1. The lowest BCUT2D eigenvalue weighted by Gasteiger charge is -2.39. The van der Waals surface area contributed by atoms with Crippen LogP contribution in [0.4, 0.5) is 5.82 Å². The van der Waals surface area contributed by atoms with Crippen LogP contribution in [0.25, 0.3) is 11.0 Å². The number of hydrogen-bond donors (Lipinski definition) is 2. The maximum absolute atomic E-state index is 5.96. The van der Waals surface area contributed by atoms with Gasteiger partial charge < -0.3 is 5.32 Å². The second-order valence-corrected chi connectivity index (χ2v) is 6.24. The molecule has 0 radical (unpaired) electrons. The number of H-pyrrole nitrogens is 1. The fourth-order valence-electron chi connectivity index (χ4n) is 2.84. The minimum atomic E-state index is 0.243. The molecule has 1 aliphatic rings. The third kappa shape index (κ3) is 2.39. The van der Waals surface area contributed by atoms with Gasteiger partial charge in [-0.1, -0.05) is 26.7 Å². The number of rotatable bonds is 2. The summed E-state index contributed by atoms with van der Waals surface area (Å²) >= 11 is 5.96. The molecule has 1 fully saturated rings. The van der Waals surface area contributed by atoms with Crippen LogP contribution in [0.2, 0.25) is 5.28 Å². The molecule has 0 amide bonds. The molecule has 1 unspecified atom stereocenters. The van der Waals surface area contributed by atoms with Gasteiger partial charge in [0.2, 0.25) is 5.28 Å². The summed E-state index contributed by atoms with van der Waals surface area (Å²) in [4.78, 5) is 8.44. The van der Waals surface area contributed by atoms with Crippen molar-refractivity contribution in [2.24, 2.45) is 5.41 Å². The van der Waals surface area contributed by atoms with E-state index in [-0.39, 0.29) is 10.7 Å². The predicted molar refractivity (Wildman–Crippen MR) is 76.4 cm³/mol. The number of fused-ring (bicyclic) bond motifs is 1. The first-order valence-electron chi connectivity index (χ1n) is 6.69. The molecule has 2 aromatic heterocycles. The quantitative estimate of drug-likeness (QED) is 0.827. The van der Waals surface area contributed by atoms with E-state index in [0.29, 0.717) is 11.7 Å². The topological polar surface area (TPSA) is 66.5 Å². The molecule has 3 rings (SSSR count). The number of anilines is 1. The van der Waals surface area contributed by atoms with E-state index in [0.717, 1.165) is 17.6 Å². The summed E-state index contributed by atoms with van der Waals surface area (Å²) in [5, 5.41) is 11.5. The first-order valence-corrected chi connectivity index (χ1v) is 7.07. The van der Waals surface area contributed by atoms with Crippen molar-refractivity contribution in [2.75, 3.05) is 5.32 Å². The Labute approximate surface area is 117 Å². The molecular weight excluding hydrogens is 262 g/mol. The third-order valence-electron chi connectivity index (χ3n) is 4.10. The van der Waals surface area contributed by atoms with Gasteiger partial charge in [-0.2, -0.15) is 15.1 Å². The number of hydrogen-bond acceptors (Lipinski definition) is 4. The van der Waals surface area contributed by atoms with Gasteiger partial charge in [-0.3, -0.25) is 5.10 Å². The Kier molecular flexibility index (Phi) is 3.09. The molecule has 2 N–H and O–H groups in total. The van der Waals surface area contributed by atoms with E-state index in [9.17, 15) is 0 Å². The molecule has 0 spiro atoms. The molecule has 5 nitrogen and oxygen atoms in total. The Hall–Kier alpha value is -1.36. The van der Waals surface area contributed by atoms with Crippen LogP contribution in [0.3, 0.4) is 0 Å². The number of nitrogens with one attached hydrogen (secondary N) is 2. The lowest BCUT2D eigenvalue weighted by atomic mass is 9.73. The summed E-state index contributed by atoms with van der Waals surface area (Å²) in [5.41, 5.74) is 0.947. The summed E-state index contributed by atoms with van der Waals surface area (Å²) < 4.78 is 0. The second-order valence-electron chi connectivity index (χ2n) is 5.90. The lowest BCUT2D eigenvalue weighted by Crippen LogP contribution is -2.39. The lowest BCUT2D eigenvalue weighted by molar-refractivity contribution is 0.217. The fraction of sp³-hybridized carbons (Fsp3) is 0.615. The molecule has 0 bridgehead atoms. The largest absolute Gasteiger partial charge is 0.366 e. The molecule has 2 heterocycles. The first-order chi connectivity index (χ1) is 9.06. The van der Waals surface area contributed by atoms with Gasteiger partial charge in [0.05, 0.1) is 11.6 Å². The monoisotopic (exact) mass is 279 g/mol. The molecule has 1 saturated carbocycles. The predicted octanol–water partition coefficient (Wildman–Crippen LogP) is 3.39. The fourth-order valence-corrected chi connectivity index (χ4v) is 3.01. The standard InChI is InChI=1S/C13H18ClN5/c1-13(2)6-4-3-5-9(13)16-10-8-7-15-19-11(8)18-12(14)17-10/h7,9H,3-6H2,1-2H3,(H2,15,16,17,18,19). The Morgan fingerprint density at radius 2 is 2.21 bits per heavy atom. The van der Waals surface area contributed by atoms with Crippen molar-refractivity contribution in [2.45, 2.75) is 45.6 Å². The molecule has 0 saturated heterocycles. The van der Waals surface area contributed by atoms with E-state index < -0.39 is 0 Å². The average molecular weight is 280 g/mol. The Morgan fingerprint density at radius 1 is 1.37 bits per heavy atom. The first kappa shape index (κ1) is 12.7. The summed E-state index contributed by atoms with van der Waals surface area (Å²) in [5.74, 6) is 0.781. The summed E-state index contributed by atoms with van der Waals surface area (Å²) in [6.07, 6.45) is 6.70. The molecular formula is C13H18ClN5. The molecule has 6 heteroatoms. The van der Waals surface area contributed by atoms with E-state index in [4.69, 9.17) is 11.6 Å². The maximum atomic E-state index is 5.96. The van der Waals surface area contributed by atoms with Crippen LogP contribution in [-0.4, -0.2) is 26.2 Å². The minimum Gasteiger partial charge on any atom is -0.366 e. The van der Waals surface area contributed by atoms with Gasteiger partial charge in [0.25, 0.3) is 0 Å². The summed E-state index contributed by atoms with van der Waals surface area (Å²) in [7, 11) is 0. The summed E-state index contributed by atoms with van der Waals surface area (Å²) in [6, 6.07) is 0.408. The second kappa shape index (κ2) is 4.63. The van der Waals surface area contributed by atoms with Crippen molar-refractivity contribution in [1.29, 1.82) is 0 Å². The van der Waals surface area contributed by atoms with Crippen molar-refractivity contribution in [3.63, 3.8) is 0 Å². The van der Waals surface area contributed by atoms with Gasteiger partial charge in [-0.15, -0.1) is 0 Å². The van der Waals surface area contributed by atoms with Crippen LogP contribution in [0.15, 0.2) is 6.20 Å². The van der Waals surface area contributed by atoms with Crippen molar-refractivity contribution in [3.8, 4) is 0 Å². The van der Waals surface area contributed by atoms with Crippen LogP contribution in [0.5, 0.6) is 0 Å². The van der Waals surface area contributed by atoms with E-state index in [2.05, 4.69) is 39.3 Å². The van der Waals surface area contributed by atoms with Crippen LogP contribution < -0.4 is 5.32 Å². The smallest absolute Gasteiger partial charge is 0.226 e. The van der Waals surface area contributed by atoms with Gasteiger partial charge in [0.1, 0.15) is 5.82 Å². The van der Waals surface area contributed by atoms with Crippen LogP contribution in [0.1, 0.15) is 39.5 Å². The van der Waals surface area contributed by atoms with Crippen LogP contribution in [-0.2, 0) is 0 Å². The zero-order chi connectivity index (χ0) is 13.5. The van der Waals surface area contributed by atoms with Crippen LogP contribution >= 0.6 is 11.6 Å². The van der Waals surface area contributed by atoms with Gasteiger partial charge in [0, 0.05) is 6.04 Å². The van der Waals surface area contributed by atoms with Gasteiger partial charge in [0.15, 0.2) is 5.65 Å². The van der Waals surface area contributed by atoms with Gasteiger partial charge >= 0.3 is 0 Å². The molecule has 0 aromatic carbocycles. The molecule has 2 aromatic rings. The molecule has 1 atom stereocenters. The SMILES string of the molecule is CC1(C)CCCCC1Nc1nc(Cl)nc2[nH]ncc12. The van der Waals surface area contributed by atoms with E-state index >= 15 is 0 Å². The Balaban J connectivity index is 1.94. The highest BCUT2D eigenvalue weighted by molar-refractivity contribution is 6.28. The van der Waals surface area contributed by atoms with Crippen molar-refractivity contribution < 1.29 is 0 Å². The van der Waals surface area contributed by atoms with Crippen LogP contribution in [0, 0.1) is 5.41 Å². The van der Waals surface area contributed by atoms with E-state index in [1.54, 1.807) is 6.20 Å². The normalized spacial score (nSPS) is 22.6. The number of nitrogens with zero attached hydrogens (tertiary/aromatic N) is 3. The van der Waals surface area contributed by atoms with E-state index in [1.165, 1.54) is 19.3 Å². The average Bonchev–Trinajstić information content (AvgIpc) is 2.79. The number of aromatic nitrogens is 4. The highest BCUT2D eigenvalue weighted by Crippen LogP contribution is 2.37. The van der Waals surface area contributed by atoms with Crippen molar-refractivity contribution >= 4 is 28.5 Å². The zero-order valence-electron chi connectivity index (χ0n) is 11.2. The molecule has 0 aliphatic heterocycles. The maximum Gasteiger partial charge on any atom is 0.226 e. The Bertz CT molecular complexity index is 592. The third-order valence-corrected chi connectivity index (χ3v) is 4.27. The highest BCUT2D eigenvalue weighted by atomic mass is 35.5. The minimum absolute atomic E-state index is 0.243. The van der Waals surface area contributed by atoms with E-state index in [1.807, 2.05) is 0 Å². The molecule has 19 heavy (non-hydrogen) atoms. The Morgan fingerprint density at radius 3 is 3.00 bits per heavy atom. The summed E-state index contributed by atoms with van der Waals surface area (Å²) in [6.45, 7) is 4.61. The van der Waals surface area contributed by atoms with Crippen molar-refractivity contribution in [1.82, 2.24) is 20.2 Å².